The van der Waals surface area contributed by atoms with E-state index in [-0.39, 0.29) is 12.5 Å². The number of carbonyl (C=O) groups is 1. The van der Waals surface area contributed by atoms with Gasteiger partial charge < -0.3 is 9.64 Å². The summed E-state index contributed by atoms with van der Waals surface area (Å²) in [5, 5.41) is 4.16. The highest BCUT2D eigenvalue weighted by Gasteiger charge is 2.16. The topological polar surface area (TPSA) is 47.4 Å². The van der Waals surface area contributed by atoms with Gasteiger partial charge in [0.05, 0.1) is 6.20 Å². The van der Waals surface area contributed by atoms with Crippen molar-refractivity contribution < 1.29 is 9.53 Å². The first kappa shape index (κ1) is 14.6. The standard InChI is InChI=1S/C17H21N3O2/c1-19-12-15(11-18-19)14-5-7-16(8-6-14)22-13-17(21)20-9-3-2-4-10-20/h5-8,11-12H,2-4,9-10,13H2,1H3. The van der Waals surface area contributed by atoms with E-state index in [4.69, 9.17) is 4.74 Å². The van der Waals surface area contributed by atoms with Crippen LogP contribution in [0.5, 0.6) is 5.75 Å². The van der Waals surface area contributed by atoms with Crippen LogP contribution in [0.15, 0.2) is 36.7 Å². The van der Waals surface area contributed by atoms with Crippen molar-refractivity contribution >= 4 is 5.91 Å². The first-order valence-electron chi connectivity index (χ1n) is 7.72. The van der Waals surface area contributed by atoms with Crippen molar-refractivity contribution in [2.45, 2.75) is 19.3 Å². The van der Waals surface area contributed by atoms with Gasteiger partial charge in [0.2, 0.25) is 0 Å². The van der Waals surface area contributed by atoms with E-state index >= 15 is 0 Å². The third kappa shape index (κ3) is 3.47. The van der Waals surface area contributed by atoms with Crippen LogP contribution in [0.4, 0.5) is 0 Å². The second-order valence-corrected chi connectivity index (χ2v) is 5.66. The summed E-state index contributed by atoms with van der Waals surface area (Å²) >= 11 is 0. The molecule has 1 amide bonds. The van der Waals surface area contributed by atoms with Gasteiger partial charge in [-0.05, 0) is 37.0 Å². The molecule has 0 unspecified atom stereocenters. The number of hydrogen-bond acceptors (Lipinski definition) is 3. The van der Waals surface area contributed by atoms with Gasteiger partial charge in [0.1, 0.15) is 5.75 Å². The summed E-state index contributed by atoms with van der Waals surface area (Å²) in [6.45, 7) is 1.84. The van der Waals surface area contributed by atoms with Crippen molar-refractivity contribution in [3.63, 3.8) is 0 Å². The fourth-order valence-electron chi connectivity index (χ4n) is 2.69. The molecule has 0 N–H and O–H groups in total. The van der Waals surface area contributed by atoms with Crippen LogP contribution in [-0.4, -0.2) is 40.3 Å². The lowest BCUT2D eigenvalue weighted by Gasteiger charge is -2.26. The summed E-state index contributed by atoms with van der Waals surface area (Å²) in [4.78, 5) is 13.9. The van der Waals surface area contributed by atoms with Crippen LogP contribution in [0.1, 0.15) is 19.3 Å². The fraction of sp³-hybridized carbons (Fsp3) is 0.412. The van der Waals surface area contributed by atoms with E-state index in [2.05, 4.69) is 5.10 Å². The number of hydrogen-bond donors (Lipinski definition) is 0. The maximum absolute atomic E-state index is 12.1. The third-order valence-electron chi connectivity index (χ3n) is 3.96. The Labute approximate surface area is 130 Å². The van der Waals surface area contributed by atoms with E-state index in [1.54, 1.807) is 4.68 Å². The number of aromatic nitrogens is 2. The number of aryl methyl sites for hydroxylation is 1. The fourth-order valence-corrected chi connectivity index (χ4v) is 2.69. The van der Waals surface area contributed by atoms with Crippen LogP contribution in [-0.2, 0) is 11.8 Å². The van der Waals surface area contributed by atoms with E-state index in [9.17, 15) is 4.79 Å². The summed E-state index contributed by atoms with van der Waals surface area (Å²) in [6, 6.07) is 7.76. The Hall–Kier alpha value is -2.30. The normalized spacial score (nSPS) is 14.9. The zero-order valence-electron chi connectivity index (χ0n) is 12.9. The predicted octanol–water partition coefficient (Wildman–Crippen LogP) is 2.48. The Morgan fingerprint density at radius 2 is 1.86 bits per heavy atom. The quantitative estimate of drug-likeness (QED) is 0.871. The molecule has 3 rings (SSSR count). The largest absolute Gasteiger partial charge is 0.484 e. The lowest BCUT2D eigenvalue weighted by atomic mass is 10.1. The van der Waals surface area contributed by atoms with Gasteiger partial charge in [0.25, 0.3) is 5.91 Å². The van der Waals surface area contributed by atoms with E-state index in [1.165, 1.54) is 6.42 Å². The number of ether oxygens (including phenoxy) is 1. The van der Waals surface area contributed by atoms with Crippen LogP contribution >= 0.6 is 0 Å². The molecule has 0 bridgehead atoms. The monoisotopic (exact) mass is 299 g/mol. The number of amides is 1. The molecule has 1 fully saturated rings. The molecule has 116 valence electrons. The molecule has 0 saturated carbocycles. The number of rotatable bonds is 4. The predicted molar refractivity (Wildman–Crippen MR) is 84.6 cm³/mol. The number of piperidine rings is 1. The highest BCUT2D eigenvalue weighted by atomic mass is 16.5. The highest BCUT2D eigenvalue weighted by molar-refractivity contribution is 5.77. The summed E-state index contributed by atoms with van der Waals surface area (Å²) in [7, 11) is 1.90. The smallest absolute Gasteiger partial charge is 0.260 e. The van der Waals surface area contributed by atoms with Gasteiger partial charge in [-0.3, -0.25) is 9.48 Å². The van der Waals surface area contributed by atoms with Crippen LogP contribution in [0.3, 0.4) is 0 Å². The van der Waals surface area contributed by atoms with Crippen molar-refractivity contribution in [1.29, 1.82) is 0 Å². The third-order valence-corrected chi connectivity index (χ3v) is 3.96. The van der Waals surface area contributed by atoms with Crippen LogP contribution in [0.2, 0.25) is 0 Å². The van der Waals surface area contributed by atoms with Gasteiger partial charge in [-0.1, -0.05) is 12.1 Å². The van der Waals surface area contributed by atoms with Crippen molar-refractivity contribution in [3.05, 3.63) is 36.7 Å². The maximum atomic E-state index is 12.1. The van der Waals surface area contributed by atoms with Gasteiger partial charge in [-0.2, -0.15) is 5.10 Å². The molecule has 0 aliphatic carbocycles. The summed E-state index contributed by atoms with van der Waals surface area (Å²) in [6.07, 6.45) is 7.23. The Bertz CT molecular complexity index is 628. The molecule has 22 heavy (non-hydrogen) atoms. The Morgan fingerprint density at radius 1 is 1.14 bits per heavy atom. The molecule has 1 saturated heterocycles. The molecule has 0 spiro atoms. The molecule has 5 nitrogen and oxygen atoms in total. The van der Waals surface area contributed by atoms with Crippen LogP contribution in [0.25, 0.3) is 11.1 Å². The molecule has 2 heterocycles. The Kier molecular flexibility index (Phi) is 4.42. The number of nitrogens with zero attached hydrogens (tertiary/aromatic N) is 3. The molecular formula is C17H21N3O2. The van der Waals surface area contributed by atoms with Gasteiger partial charge in [0, 0.05) is 31.9 Å². The minimum Gasteiger partial charge on any atom is -0.484 e. The first-order chi connectivity index (χ1) is 10.7. The number of carbonyl (C=O) groups excluding carboxylic acids is 1. The summed E-state index contributed by atoms with van der Waals surface area (Å²) in [5.41, 5.74) is 2.15. The highest BCUT2D eigenvalue weighted by Crippen LogP contribution is 2.21. The van der Waals surface area contributed by atoms with Gasteiger partial charge in [0.15, 0.2) is 6.61 Å². The van der Waals surface area contributed by atoms with Gasteiger partial charge in [-0.15, -0.1) is 0 Å². The maximum Gasteiger partial charge on any atom is 0.260 e. The molecule has 5 heteroatoms. The van der Waals surface area contributed by atoms with Gasteiger partial charge >= 0.3 is 0 Å². The van der Waals surface area contributed by atoms with E-state index < -0.39 is 0 Å². The van der Waals surface area contributed by atoms with Crippen molar-refractivity contribution in [2.24, 2.45) is 7.05 Å². The van der Waals surface area contributed by atoms with Gasteiger partial charge in [-0.25, -0.2) is 0 Å². The van der Waals surface area contributed by atoms with Crippen molar-refractivity contribution in [3.8, 4) is 16.9 Å². The van der Waals surface area contributed by atoms with Crippen LogP contribution in [0, 0.1) is 0 Å². The molecule has 1 aliphatic heterocycles. The molecule has 0 atom stereocenters. The first-order valence-corrected chi connectivity index (χ1v) is 7.72. The minimum absolute atomic E-state index is 0.0797. The average Bonchev–Trinajstić information content (AvgIpc) is 3.00. The second-order valence-electron chi connectivity index (χ2n) is 5.66. The number of benzene rings is 1. The molecule has 2 aromatic rings. The van der Waals surface area contributed by atoms with E-state index in [1.807, 2.05) is 48.6 Å². The average molecular weight is 299 g/mol. The minimum atomic E-state index is 0.0797. The lowest BCUT2D eigenvalue weighted by Crippen LogP contribution is -2.38. The SMILES string of the molecule is Cn1cc(-c2ccc(OCC(=O)N3CCCCC3)cc2)cn1. The molecule has 1 aromatic heterocycles. The van der Waals surface area contributed by atoms with Crippen molar-refractivity contribution in [2.75, 3.05) is 19.7 Å². The van der Waals surface area contributed by atoms with E-state index in [0.29, 0.717) is 0 Å². The lowest BCUT2D eigenvalue weighted by molar-refractivity contribution is -0.134. The second kappa shape index (κ2) is 6.64. The van der Waals surface area contributed by atoms with Crippen LogP contribution < -0.4 is 4.74 Å². The molecular weight excluding hydrogens is 278 g/mol. The van der Waals surface area contributed by atoms with Crippen molar-refractivity contribution in [1.82, 2.24) is 14.7 Å². The zero-order chi connectivity index (χ0) is 15.4. The molecule has 0 radical (unpaired) electrons. The number of likely N-dealkylation sites (tertiary alicyclic amines) is 1. The molecule has 1 aromatic carbocycles. The summed E-state index contributed by atoms with van der Waals surface area (Å²) in [5.74, 6) is 0.800. The Balaban J connectivity index is 1.56. The van der Waals surface area contributed by atoms with E-state index in [0.717, 1.165) is 42.8 Å². The molecule has 1 aliphatic rings. The zero-order valence-corrected chi connectivity index (χ0v) is 12.9. The summed E-state index contributed by atoms with van der Waals surface area (Å²) < 4.78 is 7.38. The Morgan fingerprint density at radius 3 is 2.50 bits per heavy atom.